The molecule has 1 aliphatic rings. The Morgan fingerprint density at radius 2 is 2.09 bits per heavy atom. The number of piperidine rings is 1. The highest BCUT2D eigenvalue weighted by Gasteiger charge is 2.33. The predicted molar refractivity (Wildman–Crippen MR) is 87.3 cm³/mol. The lowest BCUT2D eigenvalue weighted by atomic mass is 9.80. The largest absolute Gasteiger partial charge is 0.465 e. The van der Waals surface area contributed by atoms with E-state index >= 15 is 0 Å². The number of carbonyl (C=O) groups is 1. The van der Waals surface area contributed by atoms with Crippen molar-refractivity contribution in [3.8, 4) is 0 Å². The minimum atomic E-state index is -3.66. The Hall–Kier alpha value is -1.00. The van der Waals surface area contributed by atoms with Crippen molar-refractivity contribution in [2.75, 3.05) is 40.5 Å². The maximum atomic E-state index is 12.4. The molecule has 1 fully saturated rings. The number of sulfonamides is 1. The summed E-state index contributed by atoms with van der Waals surface area (Å²) in [6.07, 6.45) is 1.70. The summed E-state index contributed by atoms with van der Waals surface area (Å²) < 4.78 is 37.4. The van der Waals surface area contributed by atoms with Crippen LogP contribution in [0.2, 0.25) is 0 Å². The highest BCUT2D eigenvalue weighted by Crippen LogP contribution is 2.29. The number of nitrogens with one attached hydrogen (secondary N) is 2. The molecule has 1 aromatic rings. The minimum Gasteiger partial charge on any atom is -0.465 e. The zero-order valence-corrected chi connectivity index (χ0v) is 14.9. The van der Waals surface area contributed by atoms with Crippen LogP contribution in [0.3, 0.4) is 0 Å². The fourth-order valence-electron chi connectivity index (χ4n) is 2.63. The van der Waals surface area contributed by atoms with Gasteiger partial charge >= 0.3 is 5.97 Å². The van der Waals surface area contributed by atoms with Gasteiger partial charge in [0.1, 0.15) is 4.88 Å². The molecule has 2 heterocycles. The van der Waals surface area contributed by atoms with Crippen molar-refractivity contribution in [3.05, 3.63) is 16.3 Å². The van der Waals surface area contributed by atoms with Crippen molar-refractivity contribution in [2.45, 2.75) is 17.7 Å². The van der Waals surface area contributed by atoms with Gasteiger partial charge in [0.15, 0.2) is 0 Å². The van der Waals surface area contributed by atoms with Gasteiger partial charge in [0.25, 0.3) is 0 Å². The van der Waals surface area contributed by atoms with Crippen molar-refractivity contribution in [2.24, 2.45) is 5.41 Å². The third-order valence-electron chi connectivity index (χ3n) is 4.02. The van der Waals surface area contributed by atoms with Crippen LogP contribution in [0.5, 0.6) is 0 Å². The second-order valence-electron chi connectivity index (χ2n) is 5.65. The van der Waals surface area contributed by atoms with E-state index in [2.05, 4.69) is 14.8 Å². The van der Waals surface area contributed by atoms with E-state index in [1.807, 2.05) is 0 Å². The Bertz CT molecular complexity index is 630. The number of hydrogen-bond acceptors (Lipinski definition) is 7. The molecule has 23 heavy (non-hydrogen) atoms. The normalized spacial score (nSPS) is 17.8. The van der Waals surface area contributed by atoms with Crippen LogP contribution in [-0.4, -0.2) is 54.8 Å². The molecule has 7 nitrogen and oxygen atoms in total. The summed E-state index contributed by atoms with van der Waals surface area (Å²) in [5.41, 5.74) is -0.200. The number of ether oxygens (including phenoxy) is 2. The molecule has 0 spiro atoms. The topological polar surface area (TPSA) is 93.7 Å². The summed E-state index contributed by atoms with van der Waals surface area (Å²) in [4.78, 5) is 11.8. The van der Waals surface area contributed by atoms with Crippen molar-refractivity contribution >= 4 is 27.3 Å². The number of thiophene rings is 1. The van der Waals surface area contributed by atoms with Crippen LogP contribution >= 0.6 is 11.3 Å². The fraction of sp³-hybridized carbons (Fsp3) is 0.643. The van der Waals surface area contributed by atoms with Crippen molar-refractivity contribution < 1.29 is 22.7 Å². The van der Waals surface area contributed by atoms with Gasteiger partial charge in [-0.1, -0.05) is 0 Å². The molecular weight excluding hydrogens is 340 g/mol. The van der Waals surface area contributed by atoms with Crippen molar-refractivity contribution in [3.63, 3.8) is 0 Å². The van der Waals surface area contributed by atoms with Gasteiger partial charge in [0.2, 0.25) is 10.0 Å². The molecule has 0 bridgehead atoms. The van der Waals surface area contributed by atoms with Gasteiger partial charge in [0, 0.05) is 24.4 Å². The first-order chi connectivity index (χ1) is 10.9. The minimum absolute atomic E-state index is 0.0874. The standard InChI is InChI=1S/C14H22N2O5S2/c1-20-10-14(3-5-15-6-4-14)9-16-23(18,19)11-7-12(22-8-11)13(17)21-2/h7-8,15-16H,3-6,9-10H2,1-2H3. The maximum absolute atomic E-state index is 12.4. The highest BCUT2D eigenvalue weighted by atomic mass is 32.2. The molecule has 1 aliphatic heterocycles. The highest BCUT2D eigenvalue weighted by molar-refractivity contribution is 7.89. The molecule has 0 radical (unpaired) electrons. The molecule has 2 rings (SSSR count). The number of esters is 1. The van der Waals surface area contributed by atoms with Gasteiger partial charge < -0.3 is 14.8 Å². The first-order valence-electron chi connectivity index (χ1n) is 7.29. The van der Waals surface area contributed by atoms with Crippen LogP contribution in [0.15, 0.2) is 16.3 Å². The van der Waals surface area contributed by atoms with Gasteiger partial charge in [-0.2, -0.15) is 0 Å². The predicted octanol–water partition coefficient (Wildman–Crippen LogP) is 0.829. The van der Waals surface area contributed by atoms with Gasteiger partial charge in [0.05, 0.1) is 18.6 Å². The van der Waals surface area contributed by atoms with E-state index in [-0.39, 0.29) is 15.2 Å². The summed E-state index contributed by atoms with van der Waals surface area (Å²) in [5.74, 6) is -0.536. The van der Waals surface area contributed by atoms with Crippen molar-refractivity contribution in [1.82, 2.24) is 10.0 Å². The first-order valence-corrected chi connectivity index (χ1v) is 9.65. The average molecular weight is 362 g/mol. The Morgan fingerprint density at radius 1 is 1.39 bits per heavy atom. The van der Waals surface area contributed by atoms with E-state index in [1.165, 1.54) is 18.6 Å². The van der Waals surface area contributed by atoms with Crippen LogP contribution in [0.4, 0.5) is 0 Å². The van der Waals surface area contributed by atoms with Gasteiger partial charge in [-0.3, -0.25) is 0 Å². The van der Waals surface area contributed by atoms with E-state index in [4.69, 9.17) is 4.74 Å². The lowest BCUT2D eigenvalue weighted by Gasteiger charge is -2.37. The number of methoxy groups -OCH3 is 2. The Morgan fingerprint density at radius 3 is 2.70 bits per heavy atom. The SMILES string of the molecule is COCC1(CNS(=O)(=O)c2csc(C(=O)OC)c2)CCNCC1. The van der Waals surface area contributed by atoms with E-state index in [0.717, 1.165) is 37.3 Å². The van der Waals surface area contributed by atoms with Gasteiger partial charge in [-0.05, 0) is 32.0 Å². The van der Waals surface area contributed by atoms with Crippen molar-refractivity contribution in [1.29, 1.82) is 0 Å². The van der Waals surface area contributed by atoms with Crippen LogP contribution in [-0.2, 0) is 19.5 Å². The summed E-state index contributed by atoms with van der Waals surface area (Å²) >= 11 is 1.05. The molecular formula is C14H22N2O5S2. The van der Waals surface area contributed by atoms with E-state index in [1.54, 1.807) is 7.11 Å². The first kappa shape index (κ1) is 18.3. The van der Waals surface area contributed by atoms with Gasteiger partial charge in [-0.25, -0.2) is 17.9 Å². The van der Waals surface area contributed by atoms with Crippen LogP contribution in [0, 0.1) is 5.41 Å². The van der Waals surface area contributed by atoms with E-state index in [0.29, 0.717) is 13.2 Å². The third kappa shape index (κ3) is 4.51. The summed E-state index contributed by atoms with van der Waals surface area (Å²) in [5, 5.41) is 4.71. The molecule has 0 saturated carbocycles. The Balaban J connectivity index is 2.08. The molecule has 0 unspecified atom stereocenters. The van der Waals surface area contributed by atoms with Gasteiger partial charge in [-0.15, -0.1) is 11.3 Å². The van der Waals surface area contributed by atoms with Crippen LogP contribution in [0.1, 0.15) is 22.5 Å². The summed E-state index contributed by atoms with van der Waals surface area (Å²) in [7, 11) is -0.772. The van der Waals surface area contributed by atoms with E-state index in [9.17, 15) is 13.2 Å². The lowest BCUT2D eigenvalue weighted by Crippen LogP contribution is -2.47. The molecule has 0 aromatic carbocycles. The van der Waals surface area contributed by atoms with E-state index < -0.39 is 16.0 Å². The lowest BCUT2D eigenvalue weighted by molar-refractivity contribution is 0.0577. The number of hydrogen-bond donors (Lipinski definition) is 2. The maximum Gasteiger partial charge on any atom is 0.348 e. The summed E-state index contributed by atoms with van der Waals surface area (Å²) in [6, 6.07) is 1.34. The zero-order valence-electron chi connectivity index (χ0n) is 13.3. The average Bonchev–Trinajstić information content (AvgIpc) is 3.05. The smallest absolute Gasteiger partial charge is 0.348 e. The van der Waals surface area contributed by atoms with Crippen LogP contribution in [0.25, 0.3) is 0 Å². The quantitative estimate of drug-likeness (QED) is 0.698. The second kappa shape index (κ2) is 7.71. The molecule has 0 amide bonds. The molecule has 0 aliphatic carbocycles. The molecule has 1 aromatic heterocycles. The number of rotatable bonds is 7. The molecule has 1 saturated heterocycles. The molecule has 2 N–H and O–H groups in total. The molecule has 9 heteroatoms. The fourth-order valence-corrected chi connectivity index (χ4v) is 4.98. The third-order valence-corrected chi connectivity index (χ3v) is 6.46. The Kier molecular flexibility index (Phi) is 6.15. The molecule has 0 atom stereocenters. The second-order valence-corrected chi connectivity index (χ2v) is 8.32. The number of carbonyl (C=O) groups excluding carboxylic acids is 1. The zero-order chi connectivity index (χ0) is 16.9. The van der Waals surface area contributed by atoms with Crippen LogP contribution < -0.4 is 10.0 Å². The molecule has 130 valence electrons. The summed E-state index contributed by atoms with van der Waals surface area (Å²) in [6.45, 7) is 2.51. The Labute approximate surface area is 140 Å². The monoisotopic (exact) mass is 362 g/mol.